The van der Waals surface area contributed by atoms with E-state index < -0.39 is 0 Å². The average Bonchev–Trinajstić information content (AvgIpc) is 2.31. The van der Waals surface area contributed by atoms with Crippen molar-refractivity contribution in [1.29, 1.82) is 0 Å². The van der Waals surface area contributed by atoms with Crippen molar-refractivity contribution in [1.82, 2.24) is 5.32 Å². The number of benzene rings is 1. The summed E-state index contributed by atoms with van der Waals surface area (Å²) in [7, 11) is 0. The number of hydrogen-bond donors (Lipinski definition) is 2. The van der Waals surface area contributed by atoms with E-state index in [4.69, 9.17) is 5.73 Å². The van der Waals surface area contributed by atoms with Crippen LogP contribution in [-0.2, 0) is 0 Å². The molecule has 1 amide bonds. The minimum atomic E-state index is -0.0463. The summed E-state index contributed by atoms with van der Waals surface area (Å²) in [6.07, 6.45) is 2.12. The minimum absolute atomic E-state index is 0.0463. The summed E-state index contributed by atoms with van der Waals surface area (Å²) >= 11 is 1.95. The molecule has 1 fully saturated rings. The van der Waals surface area contributed by atoms with Crippen molar-refractivity contribution >= 4 is 23.4 Å². The van der Waals surface area contributed by atoms with Crippen LogP contribution in [0.5, 0.6) is 0 Å². The maximum atomic E-state index is 11.9. The molecule has 3 nitrogen and oxygen atoms in total. The molecular weight excluding hydrogens is 220 g/mol. The smallest absolute Gasteiger partial charge is 0.253 e. The first kappa shape index (κ1) is 11.3. The van der Waals surface area contributed by atoms with E-state index >= 15 is 0 Å². The Hall–Kier alpha value is -1.16. The number of nitrogens with two attached hydrogens (primary N) is 1. The number of para-hydroxylation sites is 1. The van der Waals surface area contributed by atoms with Crippen LogP contribution in [0.3, 0.4) is 0 Å². The molecule has 1 aromatic rings. The van der Waals surface area contributed by atoms with Gasteiger partial charge in [-0.2, -0.15) is 11.8 Å². The highest BCUT2D eigenvalue weighted by molar-refractivity contribution is 7.99. The summed E-state index contributed by atoms with van der Waals surface area (Å²) in [6, 6.07) is 7.51. The lowest BCUT2D eigenvalue weighted by Gasteiger charge is -2.22. The van der Waals surface area contributed by atoms with Crippen molar-refractivity contribution in [2.45, 2.75) is 18.9 Å². The summed E-state index contributed by atoms with van der Waals surface area (Å²) in [4.78, 5) is 11.9. The van der Waals surface area contributed by atoms with Crippen molar-refractivity contribution in [3.8, 4) is 0 Å². The second-order valence-electron chi connectivity index (χ2n) is 3.95. The van der Waals surface area contributed by atoms with E-state index in [0.717, 1.165) is 24.3 Å². The molecule has 1 saturated heterocycles. The van der Waals surface area contributed by atoms with Gasteiger partial charge < -0.3 is 11.1 Å². The molecule has 0 aromatic heterocycles. The number of carbonyl (C=O) groups is 1. The first-order valence-corrected chi connectivity index (χ1v) is 6.66. The Balaban J connectivity index is 2.00. The number of anilines is 1. The van der Waals surface area contributed by atoms with E-state index in [2.05, 4.69) is 5.32 Å². The number of rotatable bonds is 2. The van der Waals surface area contributed by atoms with Crippen LogP contribution in [0.15, 0.2) is 24.3 Å². The van der Waals surface area contributed by atoms with E-state index in [0.29, 0.717) is 17.3 Å². The predicted octanol–water partition coefficient (Wildman–Crippen LogP) is 1.89. The van der Waals surface area contributed by atoms with Gasteiger partial charge in [-0.25, -0.2) is 0 Å². The fourth-order valence-electron chi connectivity index (χ4n) is 1.81. The summed E-state index contributed by atoms with van der Waals surface area (Å²) in [5.74, 6) is 2.22. The highest BCUT2D eigenvalue weighted by Gasteiger charge is 2.17. The molecule has 0 bridgehead atoms. The summed E-state index contributed by atoms with van der Waals surface area (Å²) in [5, 5.41) is 3.04. The molecule has 0 radical (unpaired) electrons. The van der Waals surface area contributed by atoms with Crippen molar-refractivity contribution in [2.75, 3.05) is 17.2 Å². The van der Waals surface area contributed by atoms with Gasteiger partial charge in [-0.3, -0.25) is 4.79 Å². The maximum absolute atomic E-state index is 11.9. The Bertz CT molecular complexity index is 375. The Morgan fingerprint density at radius 1 is 1.31 bits per heavy atom. The number of nitrogen functional groups attached to an aromatic ring is 1. The molecule has 1 aliphatic heterocycles. The van der Waals surface area contributed by atoms with Gasteiger partial charge >= 0.3 is 0 Å². The number of carbonyl (C=O) groups excluding carboxylic acids is 1. The van der Waals surface area contributed by atoms with E-state index in [1.54, 1.807) is 12.1 Å². The highest BCUT2D eigenvalue weighted by Crippen LogP contribution is 2.18. The lowest BCUT2D eigenvalue weighted by Crippen LogP contribution is -2.37. The van der Waals surface area contributed by atoms with Crippen LogP contribution in [0.2, 0.25) is 0 Å². The molecule has 3 N–H and O–H groups in total. The highest BCUT2D eigenvalue weighted by atomic mass is 32.2. The summed E-state index contributed by atoms with van der Waals surface area (Å²) < 4.78 is 0. The normalized spacial score (nSPS) is 17.0. The van der Waals surface area contributed by atoms with E-state index in [1.165, 1.54) is 0 Å². The molecule has 0 spiro atoms. The van der Waals surface area contributed by atoms with Crippen LogP contribution >= 0.6 is 11.8 Å². The van der Waals surface area contributed by atoms with Crippen LogP contribution in [0.4, 0.5) is 5.69 Å². The second kappa shape index (κ2) is 5.25. The first-order chi connectivity index (χ1) is 7.77. The molecule has 1 aromatic carbocycles. The second-order valence-corrected chi connectivity index (χ2v) is 5.17. The molecular formula is C12H16N2OS. The van der Waals surface area contributed by atoms with Gasteiger partial charge in [0, 0.05) is 11.7 Å². The number of amides is 1. The summed E-state index contributed by atoms with van der Waals surface area (Å²) in [5.41, 5.74) is 6.89. The van der Waals surface area contributed by atoms with Gasteiger partial charge in [-0.15, -0.1) is 0 Å². The maximum Gasteiger partial charge on any atom is 0.253 e. The Morgan fingerprint density at radius 2 is 2.00 bits per heavy atom. The van der Waals surface area contributed by atoms with Crippen LogP contribution in [0, 0.1) is 0 Å². The standard InChI is InChI=1S/C12H16N2OS/c13-11-4-2-1-3-10(11)12(15)14-9-5-7-16-8-6-9/h1-4,9H,5-8,13H2,(H,14,15). The summed E-state index contributed by atoms with van der Waals surface area (Å²) in [6.45, 7) is 0. The molecule has 16 heavy (non-hydrogen) atoms. The molecule has 0 saturated carbocycles. The van der Waals surface area contributed by atoms with Crippen LogP contribution in [0.25, 0.3) is 0 Å². The SMILES string of the molecule is Nc1ccccc1C(=O)NC1CCSCC1. The van der Waals surface area contributed by atoms with Crippen molar-refractivity contribution in [2.24, 2.45) is 0 Å². The lowest BCUT2D eigenvalue weighted by atomic mass is 10.1. The van der Waals surface area contributed by atoms with Gasteiger partial charge in [0.1, 0.15) is 0 Å². The van der Waals surface area contributed by atoms with Gasteiger partial charge in [-0.1, -0.05) is 12.1 Å². The Labute approximate surface area is 99.8 Å². The number of nitrogens with one attached hydrogen (secondary N) is 1. The van der Waals surface area contributed by atoms with Crippen molar-refractivity contribution < 1.29 is 4.79 Å². The van der Waals surface area contributed by atoms with Gasteiger partial charge in [-0.05, 0) is 36.5 Å². The molecule has 86 valence electrons. The molecule has 2 rings (SSSR count). The predicted molar refractivity (Wildman–Crippen MR) is 68.7 cm³/mol. The Morgan fingerprint density at radius 3 is 2.69 bits per heavy atom. The van der Waals surface area contributed by atoms with Crippen molar-refractivity contribution in [3.63, 3.8) is 0 Å². The van der Waals surface area contributed by atoms with Crippen molar-refractivity contribution in [3.05, 3.63) is 29.8 Å². The minimum Gasteiger partial charge on any atom is -0.398 e. The fourth-order valence-corrected chi connectivity index (χ4v) is 2.92. The quantitative estimate of drug-likeness (QED) is 0.771. The van der Waals surface area contributed by atoms with Gasteiger partial charge in [0.15, 0.2) is 0 Å². The zero-order valence-electron chi connectivity index (χ0n) is 9.11. The van der Waals surface area contributed by atoms with Gasteiger partial charge in [0.25, 0.3) is 5.91 Å². The lowest BCUT2D eigenvalue weighted by molar-refractivity contribution is 0.0936. The number of thioether (sulfide) groups is 1. The zero-order chi connectivity index (χ0) is 11.4. The average molecular weight is 236 g/mol. The van der Waals surface area contributed by atoms with Gasteiger partial charge in [0.05, 0.1) is 5.56 Å². The molecule has 0 aliphatic carbocycles. The molecule has 0 unspecified atom stereocenters. The monoisotopic (exact) mass is 236 g/mol. The first-order valence-electron chi connectivity index (χ1n) is 5.50. The third-order valence-corrected chi connectivity index (χ3v) is 3.81. The third kappa shape index (κ3) is 2.70. The van der Waals surface area contributed by atoms with Crippen LogP contribution in [0.1, 0.15) is 23.2 Å². The van der Waals surface area contributed by atoms with E-state index in [9.17, 15) is 4.79 Å². The molecule has 4 heteroatoms. The third-order valence-electron chi connectivity index (χ3n) is 2.76. The van der Waals surface area contributed by atoms with Crippen LogP contribution < -0.4 is 11.1 Å². The molecule has 1 heterocycles. The zero-order valence-corrected chi connectivity index (χ0v) is 9.93. The molecule has 0 atom stereocenters. The Kier molecular flexibility index (Phi) is 3.72. The van der Waals surface area contributed by atoms with Crippen LogP contribution in [-0.4, -0.2) is 23.5 Å². The van der Waals surface area contributed by atoms with E-state index in [1.807, 2.05) is 23.9 Å². The molecule has 1 aliphatic rings. The fraction of sp³-hybridized carbons (Fsp3) is 0.417. The van der Waals surface area contributed by atoms with Gasteiger partial charge in [0.2, 0.25) is 0 Å². The number of hydrogen-bond acceptors (Lipinski definition) is 3. The topological polar surface area (TPSA) is 55.1 Å². The largest absolute Gasteiger partial charge is 0.398 e. The van der Waals surface area contributed by atoms with E-state index in [-0.39, 0.29) is 5.91 Å².